The predicted octanol–water partition coefficient (Wildman–Crippen LogP) is 11.8. The minimum Gasteiger partial charge on any atom is -0.374 e. The van der Waals surface area contributed by atoms with Crippen LogP contribution in [0.4, 0.5) is 0 Å². The third-order valence-corrected chi connectivity index (χ3v) is 10.8. The topological polar surface area (TPSA) is 27.7 Å². The zero-order valence-corrected chi connectivity index (χ0v) is 27.2. The van der Waals surface area contributed by atoms with E-state index in [2.05, 4.69) is 6.92 Å². The maximum Gasteiger partial charge on any atom is 0.500 e. The highest BCUT2D eigenvalue weighted by molar-refractivity contribution is 6.60. The van der Waals surface area contributed by atoms with E-state index in [1.54, 1.807) is 0 Å². The third kappa shape index (κ3) is 26.1. The van der Waals surface area contributed by atoms with Crippen LogP contribution in [0.25, 0.3) is 0 Å². The van der Waals surface area contributed by atoms with Gasteiger partial charge < -0.3 is 13.3 Å². The summed E-state index contributed by atoms with van der Waals surface area (Å²) in [7, 11) is -2.41. The van der Waals surface area contributed by atoms with E-state index in [0.29, 0.717) is 19.8 Å². The van der Waals surface area contributed by atoms with Gasteiger partial charge >= 0.3 is 8.80 Å². The molecule has 0 spiro atoms. The van der Waals surface area contributed by atoms with Gasteiger partial charge in [0.15, 0.2) is 0 Å². The lowest BCUT2D eigenvalue weighted by Gasteiger charge is -2.28. The monoisotopic (exact) mass is 543 g/mol. The van der Waals surface area contributed by atoms with Crippen LogP contribution >= 0.6 is 0 Å². The number of unbranched alkanes of at least 4 members (excludes halogenated alkanes) is 24. The molecule has 0 amide bonds. The van der Waals surface area contributed by atoms with E-state index in [4.69, 9.17) is 13.3 Å². The van der Waals surface area contributed by atoms with Crippen LogP contribution in [0.5, 0.6) is 0 Å². The molecule has 0 heterocycles. The maximum absolute atomic E-state index is 5.96. The summed E-state index contributed by atoms with van der Waals surface area (Å²) >= 11 is 0. The molecular formula is C33H70O3Si. The summed E-state index contributed by atoms with van der Waals surface area (Å²) in [6, 6.07) is 0.974. The normalized spacial score (nSPS) is 12.0. The second-order valence-electron chi connectivity index (χ2n) is 11.2. The molecule has 0 aromatic rings. The van der Waals surface area contributed by atoms with Gasteiger partial charge in [0.05, 0.1) is 0 Å². The molecule has 0 fully saturated rings. The zero-order valence-electron chi connectivity index (χ0n) is 26.2. The van der Waals surface area contributed by atoms with Gasteiger partial charge in [0.1, 0.15) is 0 Å². The average Bonchev–Trinajstić information content (AvgIpc) is 2.89. The molecule has 0 atom stereocenters. The van der Waals surface area contributed by atoms with Gasteiger partial charge in [-0.05, 0) is 27.2 Å². The molecule has 37 heavy (non-hydrogen) atoms. The smallest absolute Gasteiger partial charge is 0.374 e. The molecule has 0 aromatic heterocycles. The Morgan fingerprint density at radius 1 is 0.297 bits per heavy atom. The zero-order chi connectivity index (χ0) is 27.1. The van der Waals surface area contributed by atoms with E-state index in [1.165, 1.54) is 161 Å². The SMILES string of the molecule is CCCCCCCCCCCCCCCCCCCCCCCCCCC[Si](OCC)(OCC)OCC. The first-order chi connectivity index (χ1) is 18.2. The molecule has 3 nitrogen and oxygen atoms in total. The Labute approximate surface area is 236 Å². The second kappa shape index (κ2) is 30.6. The first kappa shape index (κ1) is 37.1. The Kier molecular flexibility index (Phi) is 30.7. The molecule has 0 aromatic carbocycles. The molecule has 0 radical (unpaired) electrons. The molecule has 0 aliphatic rings. The van der Waals surface area contributed by atoms with Crippen LogP contribution in [0, 0.1) is 0 Å². The molecule has 0 saturated heterocycles. The summed E-state index contributed by atoms with van der Waals surface area (Å²) in [6.07, 6.45) is 35.8. The van der Waals surface area contributed by atoms with Crippen LogP contribution < -0.4 is 0 Å². The first-order valence-electron chi connectivity index (χ1n) is 17.2. The van der Waals surface area contributed by atoms with Gasteiger partial charge in [-0.1, -0.05) is 161 Å². The number of hydrogen-bond donors (Lipinski definition) is 0. The fraction of sp³-hybridized carbons (Fsp3) is 1.00. The summed E-state index contributed by atoms with van der Waals surface area (Å²) in [4.78, 5) is 0. The summed E-state index contributed by atoms with van der Waals surface area (Å²) in [5.41, 5.74) is 0. The molecule has 0 aliphatic heterocycles. The highest BCUT2D eigenvalue weighted by Crippen LogP contribution is 2.21. The molecule has 0 unspecified atom stereocenters. The Morgan fingerprint density at radius 3 is 0.730 bits per heavy atom. The van der Waals surface area contributed by atoms with Crippen molar-refractivity contribution in [3.63, 3.8) is 0 Å². The van der Waals surface area contributed by atoms with E-state index in [0.717, 1.165) is 6.04 Å². The summed E-state index contributed by atoms with van der Waals surface area (Å²) in [6.45, 7) is 10.5. The van der Waals surface area contributed by atoms with Gasteiger partial charge in [0, 0.05) is 25.9 Å². The van der Waals surface area contributed by atoms with Crippen LogP contribution in [0.3, 0.4) is 0 Å². The van der Waals surface area contributed by atoms with Crippen molar-refractivity contribution in [1.82, 2.24) is 0 Å². The van der Waals surface area contributed by atoms with Crippen molar-refractivity contribution in [2.45, 2.75) is 194 Å². The summed E-state index contributed by atoms with van der Waals surface area (Å²) < 4.78 is 17.9. The fourth-order valence-electron chi connectivity index (χ4n) is 5.48. The molecular weight excluding hydrogens is 472 g/mol. The minimum atomic E-state index is -2.41. The van der Waals surface area contributed by atoms with Gasteiger partial charge in [-0.3, -0.25) is 0 Å². The first-order valence-corrected chi connectivity index (χ1v) is 19.1. The molecule has 0 N–H and O–H groups in total. The van der Waals surface area contributed by atoms with Crippen molar-refractivity contribution in [3.8, 4) is 0 Å². The molecule has 4 heteroatoms. The van der Waals surface area contributed by atoms with Gasteiger partial charge in [-0.25, -0.2) is 0 Å². The standard InChI is InChI=1S/C33H70O3Si/c1-5-9-10-11-12-13-14-15-16-17-18-19-20-21-22-23-24-25-26-27-28-29-30-31-32-33-37(34-6-2,35-7-3)36-8-4/h5-33H2,1-4H3. The summed E-state index contributed by atoms with van der Waals surface area (Å²) in [5, 5.41) is 0. The van der Waals surface area contributed by atoms with Crippen molar-refractivity contribution in [2.24, 2.45) is 0 Å². The average molecular weight is 543 g/mol. The van der Waals surface area contributed by atoms with E-state index in [1.807, 2.05) is 20.8 Å². The van der Waals surface area contributed by atoms with E-state index < -0.39 is 8.80 Å². The lowest BCUT2D eigenvalue weighted by Crippen LogP contribution is -2.45. The van der Waals surface area contributed by atoms with Crippen LogP contribution in [0.1, 0.15) is 188 Å². The lowest BCUT2D eigenvalue weighted by atomic mass is 10.0. The predicted molar refractivity (Wildman–Crippen MR) is 167 cm³/mol. The van der Waals surface area contributed by atoms with Crippen molar-refractivity contribution in [1.29, 1.82) is 0 Å². The van der Waals surface area contributed by atoms with Crippen LogP contribution in [0.2, 0.25) is 6.04 Å². The highest BCUT2D eigenvalue weighted by atomic mass is 28.4. The Bertz CT molecular complexity index is 401. The summed E-state index contributed by atoms with van der Waals surface area (Å²) in [5.74, 6) is 0. The van der Waals surface area contributed by atoms with Crippen LogP contribution in [-0.2, 0) is 13.3 Å². The molecule has 0 aliphatic carbocycles. The number of rotatable bonds is 32. The van der Waals surface area contributed by atoms with Gasteiger partial charge in [0.25, 0.3) is 0 Å². The molecule has 0 bridgehead atoms. The quantitative estimate of drug-likeness (QED) is 0.0624. The Balaban J connectivity index is 3.29. The molecule has 0 rings (SSSR count). The van der Waals surface area contributed by atoms with Gasteiger partial charge in [0.2, 0.25) is 0 Å². The van der Waals surface area contributed by atoms with Gasteiger partial charge in [-0.2, -0.15) is 0 Å². The molecule has 0 saturated carbocycles. The molecule has 224 valence electrons. The van der Waals surface area contributed by atoms with E-state index in [-0.39, 0.29) is 0 Å². The van der Waals surface area contributed by atoms with E-state index >= 15 is 0 Å². The third-order valence-electron chi connectivity index (χ3n) is 7.68. The van der Waals surface area contributed by atoms with Gasteiger partial charge in [-0.15, -0.1) is 0 Å². The lowest BCUT2D eigenvalue weighted by molar-refractivity contribution is 0.0706. The van der Waals surface area contributed by atoms with Crippen molar-refractivity contribution in [3.05, 3.63) is 0 Å². The number of hydrogen-bond acceptors (Lipinski definition) is 3. The van der Waals surface area contributed by atoms with Crippen molar-refractivity contribution in [2.75, 3.05) is 19.8 Å². The highest BCUT2D eigenvalue weighted by Gasteiger charge is 2.39. The van der Waals surface area contributed by atoms with Crippen molar-refractivity contribution >= 4 is 8.80 Å². The van der Waals surface area contributed by atoms with Crippen LogP contribution in [0.15, 0.2) is 0 Å². The minimum absolute atomic E-state index is 0.686. The fourth-order valence-corrected chi connectivity index (χ4v) is 8.17. The van der Waals surface area contributed by atoms with Crippen molar-refractivity contribution < 1.29 is 13.3 Å². The maximum atomic E-state index is 5.96. The Hall–Kier alpha value is 0.0969. The second-order valence-corrected chi connectivity index (χ2v) is 13.9. The largest absolute Gasteiger partial charge is 0.500 e. The van der Waals surface area contributed by atoms with E-state index in [9.17, 15) is 0 Å². The van der Waals surface area contributed by atoms with Crippen LogP contribution in [-0.4, -0.2) is 28.6 Å². The Morgan fingerprint density at radius 2 is 0.514 bits per heavy atom.